The Kier molecular flexibility index (Phi) is 6.20. The van der Waals surface area contributed by atoms with E-state index in [0.717, 1.165) is 18.4 Å². The third kappa shape index (κ3) is 5.03. The number of nitrogens with zero attached hydrogens (tertiary/aromatic N) is 2. The van der Waals surface area contributed by atoms with Crippen molar-refractivity contribution in [2.45, 2.75) is 36.1 Å². The molecular formula is C23H26N4O3S. The van der Waals surface area contributed by atoms with Crippen molar-refractivity contribution < 1.29 is 13.2 Å². The van der Waals surface area contributed by atoms with E-state index in [1.54, 1.807) is 7.05 Å². The van der Waals surface area contributed by atoms with Gasteiger partial charge in [0, 0.05) is 26.2 Å². The first-order chi connectivity index (χ1) is 14.9. The van der Waals surface area contributed by atoms with Crippen molar-refractivity contribution in [2.75, 3.05) is 6.54 Å². The van der Waals surface area contributed by atoms with Gasteiger partial charge in [-0.3, -0.25) is 9.48 Å². The molecule has 1 amide bonds. The van der Waals surface area contributed by atoms with Gasteiger partial charge in [0.1, 0.15) is 4.90 Å². The maximum Gasteiger partial charge on any atom is 0.243 e. The van der Waals surface area contributed by atoms with Crippen LogP contribution in [0, 0.1) is 0 Å². The summed E-state index contributed by atoms with van der Waals surface area (Å²) < 4.78 is 29.3. The topological polar surface area (TPSA) is 93.1 Å². The zero-order valence-corrected chi connectivity index (χ0v) is 18.2. The van der Waals surface area contributed by atoms with E-state index in [1.165, 1.54) is 28.2 Å². The molecule has 8 heteroatoms. The molecule has 0 fully saturated rings. The molecule has 0 spiro atoms. The minimum absolute atomic E-state index is 0.0498. The van der Waals surface area contributed by atoms with E-state index in [9.17, 15) is 13.2 Å². The van der Waals surface area contributed by atoms with E-state index in [1.807, 2.05) is 42.5 Å². The fourth-order valence-corrected chi connectivity index (χ4v) is 5.12. The molecule has 7 nitrogen and oxygen atoms in total. The molecular weight excluding hydrogens is 412 g/mol. The van der Waals surface area contributed by atoms with Crippen molar-refractivity contribution in [2.24, 2.45) is 7.05 Å². The SMILES string of the molecule is Cn1cc(S(=O)(=O)NCC(NC(=O)CC2CCc3ccccc32)c2ccccc2)cn1. The minimum Gasteiger partial charge on any atom is -0.348 e. The van der Waals surface area contributed by atoms with Crippen LogP contribution >= 0.6 is 0 Å². The van der Waals surface area contributed by atoms with Crippen LogP contribution in [-0.2, 0) is 28.3 Å². The lowest BCUT2D eigenvalue weighted by Crippen LogP contribution is -2.38. The molecule has 162 valence electrons. The molecule has 3 aromatic rings. The number of aromatic nitrogens is 2. The lowest BCUT2D eigenvalue weighted by molar-refractivity contribution is -0.122. The van der Waals surface area contributed by atoms with Gasteiger partial charge in [0.25, 0.3) is 0 Å². The molecule has 4 rings (SSSR count). The summed E-state index contributed by atoms with van der Waals surface area (Å²) in [5, 5.41) is 6.95. The molecule has 1 aliphatic carbocycles. The van der Waals surface area contributed by atoms with Gasteiger partial charge >= 0.3 is 0 Å². The lowest BCUT2D eigenvalue weighted by Gasteiger charge is -2.21. The van der Waals surface area contributed by atoms with Crippen LogP contribution in [0.3, 0.4) is 0 Å². The number of nitrogens with one attached hydrogen (secondary N) is 2. The number of carbonyl (C=O) groups excluding carboxylic acids is 1. The molecule has 1 aromatic heterocycles. The Balaban J connectivity index is 1.45. The molecule has 31 heavy (non-hydrogen) atoms. The van der Waals surface area contributed by atoms with Gasteiger partial charge in [-0.15, -0.1) is 0 Å². The molecule has 2 atom stereocenters. The van der Waals surface area contributed by atoms with Crippen molar-refractivity contribution in [3.8, 4) is 0 Å². The van der Waals surface area contributed by atoms with Gasteiger partial charge in [-0.2, -0.15) is 5.10 Å². The predicted octanol–water partition coefficient (Wildman–Crippen LogP) is 2.68. The maximum absolute atomic E-state index is 12.9. The van der Waals surface area contributed by atoms with E-state index in [4.69, 9.17) is 0 Å². The highest BCUT2D eigenvalue weighted by atomic mass is 32.2. The van der Waals surface area contributed by atoms with Gasteiger partial charge in [0.05, 0.1) is 12.2 Å². The third-order valence-electron chi connectivity index (χ3n) is 5.69. The zero-order valence-electron chi connectivity index (χ0n) is 17.4. The van der Waals surface area contributed by atoms with Gasteiger partial charge < -0.3 is 5.32 Å². The van der Waals surface area contributed by atoms with Crippen LogP contribution in [0.2, 0.25) is 0 Å². The fraction of sp³-hybridized carbons (Fsp3) is 0.304. The summed E-state index contributed by atoms with van der Waals surface area (Å²) in [4.78, 5) is 13.0. The molecule has 0 bridgehead atoms. The van der Waals surface area contributed by atoms with Crippen LogP contribution in [0.15, 0.2) is 71.9 Å². The standard InChI is InChI=1S/C23H26N4O3S/c1-27-16-20(14-24-27)31(29,30)25-15-22(18-8-3-2-4-9-18)26-23(28)13-19-12-11-17-7-5-6-10-21(17)19/h2-10,14,16,19,22,25H,11-13,15H2,1H3,(H,26,28). The maximum atomic E-state index is 12.9. The molecule has 0 saturated heterocycles. The number of aryl methyl sites for hydroxylation is 2. The first-order valence-electron chi connectivity index (χ1n) is 10.3. The number of rotatable bonds is 8. The van der Waals surface area contributed by atoms with Gasteiger partial charge in [-0.25, -0.2) is 13.1 Å². The Morgan fingerprint density at radius 3 is 2.65 bits per heavy atom. The Morgan fingerprint density at radius 2 is 1.90 bits per heavy atom. The van der Waals surface area contributed by atoms with Crippen LogP contribution in [0.25, 0.3) is 0 Å². The molecule has 2 aromatic carbocycles. The van der Waals surface area contributed by atoms with Crippen LogP contribution in [0.1, 0.15) is 41.5 Å². The molecule has 2 unspecified atom stereocenters. The Labute approximate surface area is 182 Å². The summed E-state index contributed by atoms with van der Waals surface area (Å²) in [6.07, 6.45) is 5.07. The summed E-state index contributed by atoms with van der Waals surface area (Å²) >= 11 is 0. The Hall–Kier alpha value is -2.97. The average molecular weight is 439 g/mol. The summed E-state index contributed by atoms with van der Waals surface area (Å²) in [5.74, 6) is 0.107. The van der Waals surface area contributed by atoms with Crippen LogP contribution in [0.5, 0.6) is 0 Å². The highest BCUT2D eigenvalue weighted by Crippen LogP contribution is 2.35. The molecule has 1 aliphatic rings. The number of hydrogen-bond donors (Lipinski definition) is 2. The molecule has 0 aliphatic heterocycles. The highest BCUT2D eigenvalue weighted by molar-refractivity contribution is 7.89. The van der Waals surface area contributed by atoms with Crippen LogP contribution in [0.4, 0.5) is 0 Å². The number of amides is 1. The Bertz CT molecular complexity index is 1160. The summed E-state index contributed by atoms with van der Waals surface area (Å²) in [6.45, 7) is 0.0498. The van der Waals surface area contributed by atoms with E-state index in [2.05, 4.69) is 27.3 Å². The normalized spacial score (nSPS) is 16.6. The number of carbonyl (C=O) groups is 1. The number of fused-ring (bicyclic) bond motifs is 1. The third-order valence-corrected chi connectivity index (χ3v) is 7.07. The van der Waals surface area contributed by atoms with Gasteiger partial charge in [0.2, 0.25) is 15.9 Å². The quantitative estimate of drug-likeness (QED) is 0.566. The van der Waals surface area contributed by atoms with Gasteiger partial charge in [0.15, 0.2) is 0 Å². The van der Waals surface area contributed by atoms with Crippen LogP contribution in [-0.4, -0.2) is 30.7 Å². The average Bonchev–Trinajstić information content (AvgIpc) is 3.39. The van der Waals surface area contributed by atoms with Crippen molar-refractivity contribution in [3.05, 3.63) is 83.7 Å². The molecule has 0 radical (unpaired) electrons. The molecule has 1 heterocycles. The van der Waals surface area contributed by atoms with Crippen molar-refractivity contribution >= 4 is 15.9 Å². The highest BCUT2D eigenvalue weighted by Gasteiger charge is 2.26. The van der Waals surface area contributed by atoms with Gasteiger partial charge in [-0.05, 0) is 35.4 Å². The van der Waals surface area contributed by atoms with Crippen LogP contribution < -0.4 is 10.0 Å². The minimum atomic E-state index is -3.73. The molecule has 2 N–H and O–H groups in total. The van der Waals surface area contributed by atoms with Crippen molar-refractivity contribution in [1.82, 2.24) is 19.8 Å². The second-order valence-electron chi connectivity index (χ2n) is 7.87. The van der Waals surface area contributed by atoms with Crippen molar-refractivity contribution in [1.29, 1.82) is 0 Å². The van der Waals surface area contributed by atoms with E-state index in [-0.39, 0.29) is 23.3 Å². The predicted molar refractivity (Wildman–Crippen MR) is 118 cm³/mol. The van der Waals surface area contributed by atoms with Gasteiger partial charge in [-0.1, -0.05) is 54.6 Å². The summed E-state index contributed by atoms with van der Waals surface area (Å²) in [6, 6.07) is 17.2. The number of benzene rings is 2. The van der Waals surface area contributed by atoms with E-state index in [0.29, 0.717) is 6.42 Å². The Morgan fingerprint density at radius 1 is 1.16 bits per heavy atom. The number of hydrogen-bond acceptors (Lipinski definition) is 4. The number of sulfonamides is 1. The zero-order chi connectivity index (χ0) is 21.8. The van der Waals surface area contributed by atoms with Crippen molar-refractivity contribution in [3.63, 3.8) is 0 Å². The first kappa shape index (κ1) is 21.3. The monoisotopic (exact) mass is 438 g/mol. The first-order valence-corrected chi connectivity index (χ1v) is 11.8. The second kappa shape index (κ2) is 9.03. The summed E-state index contributed by atoms with van der Waals surface area (Å²) in [7, 11) is -2.07. The van der Waals surface area contributed by atoms with E-state index >= 15 is 0 Å². The largest absolute Gasteiger partial charge is 0.348 e. The molecule has 0 saturated carbocycles. The second-order valence-corrected chi connectivity index (χ2v) is 9.64. The fourth-order valence-electron chi connectivity index (χ4n) is 4.09. The smallest absolute Gasteiger partial charge is 0.243 e. The summed E-state index contributed by atoms with van der Waals surface area (Å²) in [5.41, 5.74) is 3.40. The lowest BCUT2D eigenvalue weighted by atomic mass is 9.97. The van der Waals surface area contributed by atoms with E-state index < -0.39 is 16.1 Å².